The lowest BCUT2D eigenvalue weighted by Crippen LogP contribution is -2.43. The number of hydrogen-bond donors (Lipinski definition) is 1. The van der Waals surface area contributed by atoms with Crippen molar-refractivity contribution in [3.8, 4) is 0 Å². The first-order valence-corrected chi connectivity index (χ1v) is 12.7. The molecule has 0 aliphatic heterocycles. The fourth-order valence-electron chi connectivity index (χ4n) is 3.92. The first-order chi connectivity index (χ1) is 15.6. The molecule has 32 heavy (non-hydrogen) atoms. The first kappa shape index (κ1) is 27.9. The summed E-state index contributed by atoms with van der Waals surface area (Å²) in [5.41, 5.74) is 0.932. The Hall–Kier alpha value is -2.10. The van der Waals surface area contributed by atoms with Crippen LogP contribution in [0.1, 0.15) is 102 Å². The molecule has 180 valence electrons. The second-order valence-corrected chi connectivity index (χ2v) is 8.88. The van der Waals surface area contributed by atoms with Crippen LogP contribution in [0.15, 0.2) is 42.5 Å². The van der Waals surface area contributed by atoms with E-state index >= 15 is 0 Å². The molecule has 0 radical (unpaired) electrons. The highest BCUT2D eigenvalue weighted by Crippen LogP contribution is 2.13. The molecule has 4 nitrogen and oxygen atoms in total. The molecule has 0 aromatic heterocycles. The lowest BCUT2D eigenvalue weighted by molar-refractivity contribution is -0.149. The molecule has 1 amide bonds. The van der Waals surface area contributed by atoms with Crippen LogP contribution in [-0.2, 0) is 16.0 Å². The summed E-state index contributed by atoms with van der Waals surface area (Å²) in [5.74, 6) is -1.02. The topological polar surface area (TPSA) is 57.6 Å². The van der Waals surface area contributed by atoms with Gasteiger partial charge in [-0.3, -0.25) is 4.79 Å². The normalized spacial score (nSPS) is 12.2. The number of carboxylic acid groups (broad SMARTS) is 1. The Balaban J connectivity index is 2.07. The average Bonchev–Trinajstić information content (AvgIpc) is 2.80. The van der Waals surface area contributed by atoms with Gasteiger partial charge in [0.25, 0.3) is 0 Å². The van der Waals surface area contributed by atoms with Crippen LogP contribution < -0.4 is 0 Å². The molecule has 0 aliphatic carbocycles. The third kappa shape index (κ3) is 13.3. The summed E-state index contributed by atoms with van der Waals surface area (Å²) in [6.45, 7) is 2.25. The SMILES string of the molecule is CCCCCC/C=C/CCCCCCCCCC(=O)N(C)C(Cc1ccccc1)C(=O)O. The maximum absolute atomic E-state index is 12.5. The second-order valence-electron chi connectivity index (χ2n) is 8.88. The molecule has 0 saturated heterocycles. The molecular formula is C28H45NO3. The summed E-state index contributed by atoms with van der Waals surface area (Å²) in [7, 11) is 1.61. The van der Waals surface area contributed by atoms with E-state index in [1.807, 2.05) is 30.3 Å². The van der Waals surface area contributed by atoms with Gasteiger partial charge in [-0.15, -0.1) is 0 Å². The Labute approximate surface area is 196 Å². The van der Waals surface area contributed by atoms with Crippen molar-refractivity contribution in [3.05, 3.63) is 48.0 Å². The molecule has 1 aromatic carbocycles. The van der Waals surface area contributed by atoms with Gasteiger partial charge < -0.3 is 10.0 Å². The smallest absolute Gasteiger partial charge is 0.326 e. The summed E-state index contributed by atoms with van der Waals surface area (Å²) in [4.78, 5) is 25.5. The largest absolute Gasteiger partial charge is 0.480 e. The number of rotatable bonds is 19. The van der Waals surface area contributed by atoms with Crippen LogP contribution >= 0.6 is 0 Å². The predicted octanol–water partition coefficient (Wildman–Crippen LogP) is 7.18. The minimum Gasteiger partial charge on any atom is -0.480 e. The average molecular weight is 444 g/mol. The van der Waals surface area contributed by atoms with Crippen LogP contribution in [0, 0.1) is 0 Å². The minimum absolute atomic E-state index is 0.0742. The van der Waals surface area contributed by atoms with Crippen LogP contribution in [-0.4, -0.2) is 35.0 Å². The van der Waals surface area contributed by atoms with E-state index in [0.717, 1.165) is 24.8 Å². The lowest BCUT2D eigenvalue weighted by Gasteiger charge is -2.25. The molecule has 0 bridgehead atoms. The molecule has 1 rings (SSSR count). The van der Waals surface area contributed by atoms with E-state index in [2.05, 4.69) is 19.1 Å². The highest BCUT2D eigenvalue weighted by atomic mass is 16.4. The number of likely N-dealkylation sites (N-methyl/N-ethyl adjacent to an activating group) is 1. The fraction of sp³-hybridized carbons (Fsp3) is 0.643. The Bertz CT molecular complexity index is 641. The Morgan fingerprint density at radius 2 is 1.38 bits per heavy atom. The van der Waals surface area contributed by atoms with Gasteiger partial charge in [0.15, 0.2) is 0 Å². The molecule has 1 atom stereocenters. The van der Waals surface area contributed by atoms with Crippen molar-refractivity contribution in [2.75, 3.05) is 7.05 Å². The molecule has 1 aromatic rings. The predicted molar refractivity (Wildman–Crippen MR) is 134 cm³/mol. The molecule has 0 fully saturated rings. The quantitative estimate of drug-likeness (QED) is 0.182. The molecule has 1 unspecified atom stereocenters. The first-order valence-electron chi connectivity index (χ1n) is 12.7. The summed E-state index contributed by atoms with van der Waals surface area (Å²) in [6.07, 6.45) is 21.3. The summed E-state index contributed by atoms with van der Waals surface area (Å²) >= 11 is 0. The molecule has 0 saturated carbocycles. The number of carbonyl (C=O) groups is 2. The van der Waals surface area contributed by atoms with E-state index in [4.69, 9.17) is 0 Å². The van der Waals surface area contributed by atoms with Gasteiger partial charge >= 0.3 is 5.97 Å². The third-order valence-corrected chi connectivity index (χ3v) is 6.07. The van der Waals surface area contributed by atoms with Crippen molar-refractivity contribution in [1.82, 2.24) is 4.90 Å². The second kappa shape index (κ2) is 18.5. The number of aliphatic carboxylic acids is 1. The van der Waals surface area contributed by atoms with E-state index in [-0.39, 0.29) is 5.91 Å². The zero-order valence-corrected chi connectivity index (χ0v) is 20.4. The van der Waals surface area contributed by atoms with Gasteiger partial charge in [-0.1, -0.05) is 101 Å². The van der Waals surface area contributed by atoms with Crippen LogP contribution in [0.4, 0.5) is 0 Å². The number of benzene rings is 1. The number of hydrogen-bond acceptors (Lipinski definition) is 2. The zero-order valence-electron chi connectivity index (χ0n) is 20.4. The summed E-state index contributed by atoms with van der Waals surface area (Å²) < 4.78 is 0. The molecule has 1 N–H and O–H groups in total. The molecule has 0 spiro atoms. The number of carbonyl (C=O) groups excluding carboxylic acids is 1. The molecule has 0 heterocycles. The molecular weight excluding hydrogens is 398 g/mol. The number of unbranched alkanes of at least 4 members (excludes halogenated alkanes) is 11. The van der Waals surface area contributed by atoms with E-state index < -0.39 is 12.0 Å². The van der Waals surface area contributed by atoms with Crippen molar-refractivity contribution in [2.45, 2.75) is 109 Å². The van der Waals surface area contributed by atoms with Crippen LogP contribution in [0.3, 0.4) is 0 Å². The van der Waals surface area contributed by atoms with Crippen molar-refractivity contribution < 1.29 is 14.7 Å². The van der Waals surface area contributed by atoms with Crippen molar-refractivity contribution >= 4 is 11.9 Å². The molecule has 4 heteroatoms. The van der Waals surface area contributed by atoms with Crippen molar-refractivity contribution in [1.29, 1.82) is 0 Å². The lowest BCUT2D eigenvalue weighted by atomic mass is 10.0. The minimum atomic E-state index is -0.948. The van der Waals surface area contributed by atoms with Gasteiger partial charge in [-0.2, -0.15) is 0 Å². The highest BCUT2D eigenvalue weighted by molar-refractivity contribution is 5.83. The fourth-order valence-corrected chi connectivity index (χ4v) is 3.92. The van der Waals surface area contributed by atoms with Gasteiger partial charge in [-0.05, 0) is 37.7 Å². The third-order valence-electron chi connectivity index (χ3n) is 6.07. The van der Waals surface area contributed by atoms with E-state index in [1.165, 1.54) is 69.1 Å². The molecule has 0 aliphatic rings. The number of allylic oxidation sites excluding steroid dienone is 2. The van der Waals surface area contributed by atoms with Gasteiger partial charge in [0.2, 0.25) is 5.91 Å². The van der Waals surface area contributed by atoms with Crippen LogP contribution in [0.5, 0.6) is 0 Å². The summed E-state index contributed by atoms with van der Waals surface area (Å²) in [5, 5.41) is 9.56. The monoisotopic (exact) mass is 443 g/mol. The van der Waals surface area contributed by atoms with E-state index in [0.29, 0.717) is 12.8 Å². The van der Waals surface area contributed by atoms with Gasteiger partial charge in [0.1, 0.15) is 6.04 Å². The van der Waals surface area contributed by atoms with Crippen LogP contribution in [0.2, 0.25) is 0 Å². The van der Waals surface area contributed by atoms with E-state index in [9.17, 15) is 14.7 Å². The van der Waals surface area contributed by atoms with E-state index in [1.54, 1.807) is 7.05 Å². The number of carboxylic acids is 1. The Morgan fingerprint density at radius 1 is 0.844 bits per heavy atom. The Kier molecular flexibility index (Phi) is 16.1. The van der Waals surface area contributed by atoms with Crippen LogP contribution in [0.25, 0.3) is 0 Å². The zero-order chi connectivity index (χ0) is 23.4. The maximum Gasteiger partial charge on any atom is 0.326 e. The van der Waals surface area contributed by atoms with Gasteiger partial charge in [-0.25, -0.2) is 4.79 Å². The summed E-state index contributed by atoms with van der Waals surface area (Å²) in [6, 6.07) is 8.68. The van der Waals surface area contributed by atoms with Crippen molar-refractivity contribution in [2.24, 2.45) is 0 Å². The van der Waals surface area contributed by atoms with Crippen molar-refractivity contribution in [3.63, 3.8) is 0 Å². The van der Waals surface area contributed by atoms with Gasteiger partial charge in [0.05, 0.1) is 0 Å². The number of nitrogens with zero attached hydrogens (tertiary/aromatic N) is 1. The number of amides is 1. The highest BCUT2D eigenvalue weighted by Gasteiger charge is 2.26. The Morgan fingerprint density at radius 3 is 1.94 bits per heavy atom. The van der Waals surface area contributed by atoms with Gasteiger partial charge in [0, 0.05) is 19.9 Å². The standard InChI is InChI=1S/C28H45NO3/c1-3-4-5-6-7-8-9-10-11-12-13-14-15-16-20-23-27(30)29(2)26(28(31)32)24-25-21-18-17-19-22-25/h8-9,17-19,21-22,26H,3-7,10-16,20,23-24H2,1-2H3,(H,31,32)/b9-8+. The maximum atomic E-state index is 12.5.